The molecule has 1 atom stereocenters. The maximum Gasteiger partial charge on any atom is 0.130 e. The summed E-state index contributed by atoms with van der Waals surface area (Å²) >= 11 is 6.22. The number of nitrogens with zero attached hydrogens (tertiary/aromatic N) is 1. The summed E-state index contributed by atoms with van der Waals surface area (Å²) < 4.78 is 0. The Labute approximate surface area is 102 Å². The Hall–Kier alpha value is -1.02. The third kappa shape index (κ3) is 2.56. The molecule has 0 saturated carbocycles. The molecule has 0 saturated heterocycles. The van der Waals surface area contributed by atoms with E-state index in [1.54, 1.807) is 6.20 Å². The van der Waals surface area contributed by atoms with Crippen LogP contribution < -0.4 is 5.73 Å². The normalized spacial score (nSPS) is 21.4. The number of hydrogen-bond acceptors (Lipinski definition) is 2. The van der Waals surface area contributed by atoms with Gasteiger partial charge in [0.1, 0.15) is 5.82 Å². The van der Waals surface area contributed by atoms with E-state index in [0.717, 1.165) is 24.0 Å². The fourth-order valence-electron chi connectivity index (χ4n) is 2.10. The predicted octanol–water partition coefficient (Wildman–Crippen LogP) is 3.54. The maximum absolute atomic E-state index is 6.22. The molecule has 0 fully saturated rings. The molecule has 0 bridgehead atoms. The molecule has 2 N–H and O–H groups in total. The highest BCUT2D eigenvalue weighted by atomic mass is 35.5. The standard InChI is InChI=1S/C13H17ClN2/c1-9-6-12(13(15)16-8-9)10-4-2-3-5-11(14)7-10/h6-8,11H,2-5H2,1H3,(H2,15,16). The molecule has 1 aliphatic carbocycles. The van der Waals surface area contributed by atoms with Crippen molar-refractivity contribution in [2.75, 3.05) is 5.73 Å². The zero-order valence-electron chi connectivity index (χ0n) is 9.54. The van der Waals surface area contributed by atoms with Crippen LogP contribution >= 0.6 is 11.6 Å². The minimum atomic E-state index is 0.136. The number of hydrogen-bond donors (Lipinski definition) is 1. The molecule has 0 amide bonds. The minimum absolute atomic E-state index is 0.136. The summed E-state index contributed by atoms with van der Waals surface area (Å²) in [5, 5.41) is 0.136. The van der Waals surface area contributed by atoms with Gasteiger partial charge in [0, 0.05) is 11.8 Å². The van der Waals surface area contributed by atoms with Crippen LogP contribution in [-0.2, 0) is 0 Å². The second kappa shape index (κ2) is 4.88. The molecule has 0 radical (unpaired) electrons. The highest BCUT2D eigenvalue weighted by molar-refractivity contribution is 6.22. The number of pyridine rings is 1. The Morgan fingerprint density at radius 3 is 3.06 bits per heavy atom. The van der Waals surface area contributed by atoms with Crippen molar-refractivity contribution < 1.29 is 0 Å². The van der Waals surface area contributed by atoms with E-state index >= 15 is 0 Å². The van der Waals surface area contributed by atoms with Crippen LogP contribution in [0.3, 0.4) is 0 Å². The van der Waals surface area contributed by atoms with Gasteiger partial charge >= 0.3 is 0 Å². The van der Waals surface area contributed by atoms with Crippen LogP contribution in [0.5, 0.6) is 0 Å². The first-order chi connectivity index (χ1) is 7.66. The van der Waals surface area contributed by atoms with Gasteiger partial charge in [0.2, 0.25) is 0 Å². The first-order valence-corrected chi connectivity index (χ1v) is 6.17. The van der Waals surface area contributed by atoms with Gasteiger partial charge in [-0.3, -0.25) is 0 Å². The Balaban J connectivity index is 2.38. The van der Waals surface area contributed by atoms with Crippen molar-refractivity contribution in [3.8, 4) is 0 Å². The highest BCUT2D eigenvalue weighted by Gasteiger charge is 2.13. The molecule has 0 spiro atoms. The number of nitrogen functional groups attached to an aromatic ring is 1. The Morgan fingerprint density at radius 1 is 1.44 bits per heavy atom. The molecule has 1 unspecified atom stereocenters. The van der Waals surface area contributed by atoms with E-state index in [9.17, 15) is 0 Å². The van der Waals surface area contributed by atoms with Crippen molar-refractivity contribution in [3.05, 3.63) is 29.5 Å². The average molecular weight is 237 g/mol. The summed E-state index contributed by atoms with van der Waals surface area (Å²) in [6.07, 6.45) is 8.42. The van der Waals surface area contributed by atoms with Crippen molar-refractivity contribution in [3.63, 3.8) is 0 Å². The van der Waals surface area contributed by atoms with Gasteiger partial charge in [0.15, 0.2) is 0 Å². The van der Waals surface area contributed by atoms with Crippen LogP contribution in [0, 0.1) is 6.92 Å². The molecule has 16 heavy (non-hydrogen) atoms. The third-order valence-corrected chi connectivity index (χ3v) is 3.30. The van der Waals surface area contributed by atoms with Crippen molar-refractivity contribution in [2.24, 2.45) is 0 Å². The first kappa shape index (κ1) is 11.5. The SMILES string of the molecule is Cc1cnc(N)c(C2=CC(Cl)CCCC2)c1. The van der Waals surface area contributed by atoms with E-state index in [1.807, 2.05) is 6.92 Å². The largest absolute Gasteiger partial charge is 0.383 e. The topological polar surface area (TPSA) is 38.9 Å². The van der Waals surface area contributed by atoms with E-state index in [1.165, 1.54) is 18.4 Å². The van der Waals surface area contributed by atoms with Crippen molar-refractivity contribution in [2.45, 2.75) is 38.0 Å². The number of aryl methyl sites for hydroxylation is 1. The Morgan fingerprint density at radius 2 is 2.25 bits per heavy atom. The second-order valence-electron chi connectivity index (χ2n) is 4.40. The van der Waals surface area contributed by atoms with E-state index in [4.69, 9.17) is 17.3 Å². The molecule has 3 heteroatoms. The van der Waals surface area contributed by atoms with E-state index < -0.39 is 0 Å². The number of anilines is 1. The summed E-state index contributed by atoms with van der Waals surface area (Å²) in [6.45, 7) is 2.03. The van der Waals surface area contributed by atoms with Crippen molar-refractivity contribution in [1.29, 1.82) is 0 Å². The smallest absolute Gasteiger partial charge is 0.130 e. The monoisotopic (exact) mass is 236 g/mol. The quantitative estimate of drug-likeness (QED) is 0.758. The van der Waals surface area contributed by atoms with Crippen LogP contribution in [0.1, 0.15) is 36.8 Å². The van der Waals surface area contributed by atoms with Crippen LogP contribution in [0.2, 0.25) is 0 Å². The summed E-state index contributed by atoms with van der Waals surface area (Å²) in [5.74, 6) is 0.614. The van der Waals surface area contributed by atoms with Gasteiger partial charge in [0.05, 0.1) is 5.38 Å². The fourth-order valence-corrected chi connectivity index (χ4v) is 2.41. The van der Waals surface area contributed by atoms with Crippen molar-refractivity contribution >= 4 is 23.0 Å². The number of nitrogens with two attached hydrogens (primary N) is 1. The average Bonchev–Trinajstić information content (AvgIpc) is 2.46. The molecule has 0 aromatic carbocycles. The zero-order valence-corrected chi connectivity index (χ0v) is 10.3. The summed E-state index contributed by atoms with van der Waals surface area (Å²) in [4.78, 5) is 4.20. The van der Waals surface area contributed by atoms with E-state index in [0.29, 0.717) is 5.82 Å². The molecule has 1 aromatic rings. The Kier molecular flexibility index (Phi) is 3.49. The zero-order chi connectivity index (χ0) is 11.5. The highest BCUT2D eigenvalue weighted by Crippen LogP contribution is 2.30. The lowest BCUT2D eigenvalue weighted by atomic mass is 10.0. The summed E-state index contributed by atoms with van der Waals surface area (Å²) in [7, 11) is 0. The third-order valence-electron chi connectivity index (χ3n) is 2.96. The maximum atomic E-state index is 6.22. The lowest BCUT2D eigenvalue weighted by Crippen LogP contribution is -1.99. The second-order valence-corrected chi connectivity index (χ2v) is 4.96. The molecule has 2 nitrogen and oxygen atoms in total. The van der Waals surface area contributed by atoms with Crippen LogP contribution in [0.15, 0.2) is 18.3 Å². The fraction of sp³-hybridized carbons (Fsp3) is 0.462. The molecule has 0 aliphatic heterocycles. The predicted molar refractivity (Wildman–Crippen MR) is 69.5 cm³/mol. The van der Waals surface area contributed by atoms with Gasteiger partial charge in [-0.2, -0.15) is 0 Å². The molecule has 86 valence electrons. The van der Waals surface area contributed by atoms with Gasteiger partial charge in [-0.25, -0.2) is 4.98 Å². The summed E-state index contributed by atoms with van der Waals surface area (Å²) in [5.41, 5.74) is 9.38. The van der Waals surface area contributed by atoms with Gasteiger partial charge in [0.25, 0.3) is 0 Å². The molecule has 1 aromatic heterocycles. The molecule has 1 heterocycles. The van der Waals surface area contributed by atoms with Crippen LogP contribution in [-0.4, -0.2) is 10.4 Å². The molecule has 2 rings (SSSR count). The van der Waals surface area contributed by atoms with Gasteiger partial charge in [-0.15, -0.1) is 11.6 Å². The Bertz CT molecular complexity index is 412. The lowest BCUT2D eigenvalue weighted by molar-refractivity contribution is 0.724. The van der Waals surface area contributed by atoms with Gasteiger partial charge in [-0.05, 0) is 43.4 Å². The molecule has 1 aliphatic rings. The number of halogens is 1. The molecular formula is C13H17ClN2. The number of rotatable bonds is 1. The van der Waals surface area contributed by atoms with E-state index in [2.05, 4.69) is 17.1 Å². The summed E-state index contributed by atoms with van der Waals surface area (Å²) in [6, 6.07) is 2.10. The lowest BCUT2D eigenvalue weighted by Gasteiger charge is -2.09. The van der Waals surface area contributed by atoms with Gasteiger partial charge in [-0.1, -0.05) is 12.5 Å². The number of alkyl halides is 1. The van der Waals surface area contributed by atoms with Crippen LogP contribution in [0.25, 0.3) is 5.57 Å². The van der Waals surface area contributed by atoms with E-state index in [-0.39, 0.29) is 5.38 Å². The minimum Gasteiger partial charge on any atom is -0.383 e. The number of aromatic nitrogens is 1. The number of allylic oxidation sites excluding steroid dienone is 2. The van der Waals surface area contributed by atoms with Crippen molar-refractivity contribution in [1.82, 2.24) is 4.98 Å². The van der Waals surface area contributed by atoms with Crippen LogP contribution in [0.4, 0.5) is 5.82 Å². The molecular weight excluding hydrogens is 220 g/mol. The van der Waals surface area contributed by atoms with Gasteiger partial charge < -0.3 is 5.73 Å². The first-order valence-electron chi connectivity index (χ1n) is 5.74.